The van der Waals surface area contributed by atoms with Gasteiger partial charge in [-0.1, -0.05) is 30.3 Å². The number of aliphatic hydroxyl groups excluding tert-OH is 1. The molecule has 1 aromatic rings. The molecule has 4 heteroatoms. The lowest BCUT2D eigenvalue weighted by Crippen LogP contribution is -2.47. The van der Waals surface area contributed by atoms with Gasteiger partial charge in [0.2, 0.25) is 0 Å². The lowest BCUT2D eigenvalue weighted by Gasteiger charge is -2.32. The number of hydrogen-bond donors (Lipinski definition) is 2. The summed E-state index contributed by atoms with van der Waals surface area (Å²) < 4.78 is 5.93. The molecule has 1 aliphatic heterocycles. The lowest BCUT2D eigenvalue weighted by molar-refractivity contribution is -0.123. The van der Waals surface area contributed by atoms with E-state index in [0.29, 0.717) is 13.0 Å². The van der Waals surface area contributed by atoms with Crippen molar-refractivity contribution in [3.63, 3.8) is 0 Å². The second-order valence-corrected chi connectivity index (χ2v) is 4.94. The highest BCUT2D eigenvalue weighted by Crippen LogP contribution is 2.17. The van der Waals surface area contributed by atoms with Crippen LogP contribution in [0, 0.1) is 0 Å². The Labute approximate surface area is 113 Å². The summed E-state index contributed by atoms with van der Waals surface area (Å²) in [6.07, 6.45) is 2.41. The molecule has 0 unspecified atom stereocenters. The molecule has 1 heterocycles. The van der Waals surface area contributed by atoms with Gasteiger partial charge in [0.1, 0.15) is 6.61 Å². The molecule has 104 valence electrons. The number of aliphatic hydroxyl groups is 1. The molecule has 0 radical (unpaired) electrons. The van der Waals surface area contributed by atoms with Crippen LogP contribution in [0.3, 0.4) is 0 Å². The molecule has 1 fully saturated rings. The standard InChI is InChI=1S/C15H21NO3/c17-10-13(18)9-14-15(7-4-8-16-14)19-11-12-5-2-1-3-6-12/h1-3,5-6,14-17H,4,7-11H2/t14-,15+/m1/s1. The van der Waals surface area contributed by atoms with E-state index in [1.54, 1.807) is 0 Å². The summed E-state index contributed by atoms with van der Waals surface area (Å²) in [6, 6.07) is 10.1. The molecular weight excluding hydrogens is 242 g/mol. The Morgan fingerprint density at radius 2 is 2.16 bits per heavy atom. The molecule has 0 aliphatic carbocycles. The minimum Gasteiger partial charge on any atom is -0.389 e. The van der Waals surface area contributed by atoms with E-state index in [0.717, 1.165) is 24.9 Å². The van der Waals surface area contributed by atoms with Gasteiger partial charge in [-0.3, -0.25) is 4.79 Å². The molecule has 1 saturated heterocycles. The third kappa shape index (κ3) is 4.42. The van der Waals surface area contributed by atoms with Gasteiger partial charge in [-0.25, -0.2) is 0 Å². The Hall–Kier alpha value is -1.23. The SMILES string of the molecule is O=C(CO)C[C@H]1NCCC[C@@H]1OCc1ccccc1. The van der Waals surface area contributed by atoms with E-state index in [4.69, 9.17) is 9.84 Å². The van der Waals surface area contributed by atoms with Gasteiger partial charge in [-0.2, -0.15) is 0 Å². The van der Waals surface area contributed by atoms with Crippen molar-refractivity contribution in [2.45, 2.75) is 38.0 Å². The van der Waals surface area contributed by atoms with E-state index >= 15 is 0 Å². The molecule has 0 saturated carbocycles. The third-order valence-electron chi connectivity index (χ3n) is 3.45. The first-order valence-electron chi connectivity index (χ1n) is 6.81. The number of ketones is 1. The number of piperidine rings is 1. The van der Waals surface area contributed by atoms with Crippen LogP contribution in [0.5, 0.6) is 0 Å². The van der Waals surface area contributed by atoms with E-state index in [2.05, 4.69) is 5.32 Å². The van der Waals surface area contributed by atoms with Gasteiger partial charge >= 0.3 is 0 Å². The van der Waals surface area contributed by atoms with Crippen molar-refractivity contribution in [2.24, 2.45) is 0 Å². The van der Waals surface area contributed by atoms with Gasteiger partial charge < -0.3 is 15.2 Å². The number of rotatable bonds is 6. The van der Waals surface area contributed by atoms with Crippen LogP contribution >= 0.6 is 0 Å². The van der Waals surface area contributed by atoms with Crippen LogP contribution < -0.4 is 5.32 Å². The molecule has 2 atom stereocenters. The number of carbonyl (C=O) groups excluding carboxylic acids is 1. The highest BCUT2D eigenvalue weighted by molar-refractivity contribution is 5.80. The summed E-state index contributed by atoms with van der Waals surface area (Å²) >= 11 is 0. The molecule has 2 N–H and O–H groups in total. The van der Waals surface area contributed by atoms with Crippen molar-refractivity contribution in [3.8, 4) is 0 Å². The summed E-state index contributed by atoms with van der Waals surface area (Å²) in [5.41, 5.74) is 1.14. The van der Waals surface area contributed by atoms with Crippen molar-refractivity contribution in [2.75, 3.05) is 13.2 Å². The minimum absolute atomic E-state index is 0.0251. The van der Waals surface area contributed by atoms with Crippen LogP contribution in [0.25, 0.3) is 0 Å². The van der Waals surface area contributed by atoms with Crippen LogP contribution in [0.1, 0.15) is 24.8 Å². The number of benzene rings is 1. The molecular formula is C15H21NO3. The summed E-state index contributed by atoms with van der Waals surface area (Å²) in [7, 11) is 0. The fraction of sp³-hybridized carbons (Fsp3) is 0.533. The average Bonchev–Trinajstić information content (AvgIpc) is 2.47. The van der Waals surface area contributed by atoms with Crippen molar-refractivity contribution in [1.82, 2.24) is 5.32 Å². The van der Waals surface area contributed by atoms with E-state index in [-0.39, 0.29) is 24.5 Å². The third-order valence-corrected chi connectivity index (χ3v) is 3.45. The fourth-order valence-electron chi connectivity index (χ4n) is 2.41. The maximum atomic E-state index is 11.4. The topological polar surface area (TPSA) is 58.6 Å². The monoisotopic (exact) mass is 263 g/mol. The molecule has 19 heavy (non-hydrogen) atoms. The first-order chi connectivity index (χ1) is 9.29. The molecule has 2 rings (SSSR count). The maximum Gasteiger partial charge on any atom is 0.159 e. The van der Waals surface area contributed by atoms with E-state index in [1.807, 2.05) is 30.3 Å². The Bertz CT molecular complexity index is 394. The highest BCUT2D eigenvalue weighted by Gasteiger charge is 2.27. The molecule has 1 aliphatic rings. The predicted molar refractivity (Wildman–Crippen MR) is 72.8 cm³/mol. The summed E-state index contributed by atoms with van der Waals surface area (Å²) in [5.74, 6) is -0.132. The smallest absolute Gasteiger partial charge is 0.159 e. The van der Waals surface area contributed by atoms with Crippen molar-refractivity contribution in [3.05, 3.63) is 35.9 Å². The first kappa shape index (κ1) is 14.2. The van der Waals surface area contributed by atoms with Crippen molar-refractivity contribution in [1.29, 1.82) is 0 Å². The van der Waals surface area contributed by atoms with Gasteiger partial charge in [-0.15, -0.1) is 0 Å². The number of carbonyl (C=O) groups is 1. The van der Waals surface area contributed by atoms with Gasteiger partial charge in [0, 0.05) is 12.5 Å². The summed E-state index contributed by atoms with van der Waals surface area (Å²) in [4.78, 5) is 11.4. The largest absolute Gasteiger partial charge is 0.389 e. The van der Waals surface area contributed by atoms with Crippen molar-refractivity contribution >= 4 is 5.78 Å². The maximum absolute atomic E-state index is 11.4. The van der Waals surface area contributed by atoms with E-state index in [9.17, 15) is 4.79 Å². The van der Waals surface area contributed by atoms with Crippen LogP contribution in [-0.2, 0) is 16.1 Å². The molecule has 0 amide bonds. The quantitative estimate of drug-likeness (QED) is 0.811. The predicted octanol–water partition coefficient (Wildman–Crippen LogP) is 1.28. The first-order valence-corrected chi connectivity index (χ1v) is 6.81. The van der Waals surface area contributed by atoms with E-state index < -0.39 is 0 Å². The molecule has 0 spiro atoms. The highest BCUT2D eigenvalue weighted by atomic mass is 16.5. The summed E-state index contributed by atoms with van der Waals surface area (Å²) in [5, 5.41) is 12.2. The Kier molecular flexibility index (Phi) is 5.51. The molecule has 1 aromatic carbocycles. The number of nitrogens with one attached hydrogen (secondary N) is 1. The zero-order valence-electron chi connectivity index (χ0n) is 11.0. The lowest BCUT2D eigenvalue weighted by atomic mass is 9.96. The second kappa shape index (κ2) is 7.38. The van der Waals surface area contributed by atoms with Gasteiger partial charge in [-0.05, 0) is 24.9 Å². The zero-order chi connectivity index (χ0) is 13.5. The normalized spacial score (nSPS) is 23.2. The van der Waals surface area contributed by atoms with Crippen LogP contribution in [0.4, 0.5) is 0 Å². The molecule has 4 nitrogen and oxygen atoms in total. The summed E-state index contributed by atoms with van der Waals surface area (Å²) in [6.45, 7) is 1.09. The van der Waals surface area contributed by atoms with Gasteiger partial charge in [0.25, 0.3) is 0 Å². The van der Waals surface area contributed by atoms with Gasteiger partial charge in [0.05, 0.1) is 12.7 Å². The van der Waals surface area contributed by atoms with E-state index in [1.165, 1.54) is 0 Å². The van der Waals surface area contributed by atoms with Crippen LogP contribution in [0.2, 0.25) is 0 Å². The molecule has 0 bridgehead atoms. The number of ether oxygens (including phenoxy) is 1. The number of hydrogen-bond acceptors (Lipinski definition) is 4. The van der Waals surface area contributed by atoms with Crippen LogP contribution in [-0.4, -0.2) is 36.2 Å². The minimum atomic E-state index is -0.385. The second-order valence-electron chi connectivity index (χ2n) is 4.94. The number of Topliss-reactive ketones (excluding diaryl/α,β-unsaturated/α-hetero) is 1. The fourth-order valence-corrected chi connectivity index (χ4v) is 2.41. The zero-order valence-corrected chi connectivity index (χ0v) is 11.0. The van der Waals surface area contributed by atoms with Crippen LogP contribution in [0.15, 0.2) is 30.3 Å². The molecule has 0 aromatic heterocycles. The average molecular weight is 263 g/mol. The Balaban J connectivity index is 1.87. The Morgan fingerprint density at radius 1 is 1.37 bits per heavy atom. The Morgan fingerprint density at radius 3 is 2.89 bits per heavy atom. The van der Waals surface area contributed by atoms with Crippen molar-refractivity contribution < 1.29 is 14.6 Å². The van der Waals surface area contributed by atoms with Gasteiger partial charge in [0.15, 0.2) is 5.78 Å².